The average Bonchev–Trinajstić information content (AvgIpc) is 2.60. The molecular formula is C13H26N2O. The van der Waals surface area contributed by atoms with Gasteiger partial charge in [0.1, 0.15) is 0 Å². The van der Waals surface area contributed by atoms with Gasteiger partial charge in [-0.2, -0.15) is 0 Å². The molecule has 16 heavy (non-hydrogen) atoms. The highest BCUT2D eigenvalue weighted by molar-refractivity contribution is 5.01. The van der Waals surface area contributed by atoms with Crippen LogP contribution in [0.15, 0.2) is 0 Å². The van der Waals surface area contributed by atoms with Crippen molar-refractivity contribution in [2.75, 3.05) is 26.2 Å². The Morgan fingerprint density at radius 1 is 1.44 bits per heavy atom. The number of nitrogens with zero attached hydrogens (tertiary/aromatic N) is 1. The van der Waals surface area contributed by atoms with Crippen LogP contribution in [0.1, 0.15) is 39.5 Å². The minimum atomic E-state index is 0.115. The summed E-state index contributed by atoms with van der Waals surface area (Å²) >= 11 is 0. The van der Waals surface area contributed by atoms with Gasteiger partial charge in [-0.15, -0.1) is 0 Å². The SMILES string of the molecule is CCN(CC1CCC1)C1(CN)CCOC1C. The van der Waals surface area contributed by atoms with Gasteiger partial charge in [0, 0.05) is 19.7 Å². The Balaban J connectivity index is 2.03. The summed E-state index contributed by atoms with van der Waals surface area (Å²) in [4.78, 5) is 2.59. The van der Waals surface area contributed by atoms with Crippen molar-refractivity contribution in [1.82, 2.24) is 4.90 Å². The minimum absolute atomic E-state index is 0.115. The van der Waals surface area contributed by atoms with Crippen molar-refractivity contribution in [3.63, 3.8) is 0 Å². The van der Waals surface area contributed by atoms with Gasteiger partial charge in [-0.3, -0.25) is 4.90 Å². The van der Waals surface area contributed by atoms with E-state index in [4.69, 9.17) is 10.5 Å². The summed E-state index contributed by atoms with van der Waals surface area (Å²) < 4.78 is 5.75. The van der Waals surface area contributed by atoms with Crippen LogP contribution in [0, 0.1) is 5.92 Å². The second kappa shape index (κ2) is 5.03. The Morgan fingerprint density at radius 2 is 2.19 bits per heavy atom. The summed E-state index contributed by atoms with van der Waals surface area (Å²) in [5, 5.41) is 0. The van der Waals surface area contributed by atoms with Crippen molar-refractivity contribution >= 4 is 0 Å². The highest BCUT2D eigenvalue weighted by Crippen LogP contribution is 2.35. The topological polar surface area (TPSA) is 38.5 Å². The predicted molar refractivity (Wildman–Crippen MR) is 66.4 cm³/mol. The maximum absolute atomic E-state index is 6.05. The van der Waals surface area contributed by atoms with Gasteiger partial charge in [0.2, 0.25) is 0 Å². The molecule has 2 aliphatic rings. The smallest absolute Gasteiger partial charge is 0.0743 e. The van der Waals surface area contributed by atoms with Gasteiger partial charge in [0.25, 0.3) is 0 Å². The normalized spacial score (nSPS) is 35.6. The number of rotatable bonds is 5. The summed E-state index contributed by atoms with van der Waals surface area (Å²) in [6.07, 6.45) is 5.63. The van der Waals surface area contributed by atoms with Gasteiger partial charge in [0.05, 0.1) is 11.6 Å². The molecule has 1 saturated carbocycles. The lowest BCUT2D eigenvalue weighted by atomic mass is 9.82. The van der Waals surface area contributed by atoms with E-state index in [-0.39, 0.29) is 11.6 Å². The molecule has 0 bridgehead atoms. The van der Waals surface area contributed by atoms with Gasteiger partial charge in [-0.05, 0) is 38.6 Å². The number of hydrogen-bond donors (Lipinski definition) is 1. The summed E-state index contributed by atoms with van der Waals surface area (Å²) in [6.45, 7) is 8.36. The first-order valence-electron chi connectivity index (χ1n) is 6.79. The van der Waals surface area contributed by atoms with Crippen LogP contribution in [0.25, 0.3) is 0 Å². The molecule has 2 unspecified atom stereocenters. The molecule has 1 aliphatic carbocycles. The Kier molecular flexibility index (Phi) is 3.88. The van der Waals surface area contributed by atoms with Gasteiger partial charge in [-0.25, -0.2) is 0 Å². The fourth-order valence-corrected chi connectivity index (χ4v) is 3.20. The highest BCUT2D eigenvalue weighted by Gasteiger charge is 2.45. The lowest BCUT2D eigenvalue weighted by molar-refractivity contribution is 0.00201. The quantitative estimate of drug-likeness (QED) is 0.774. The van der Waals surface area contributed by atoms with Crippen LogP contribution >= 0.6 is 0 Å². The molecule has 94 valence electrons. The highest BCUT2D eigenvalue weighted by atomic mass is 16.5. The number of nitrogens with two attached hydrogens (primary N) is 1. The zero-order chi connectivity index (χ0) is 11.6. The monoisotopic (exact) mass is 226 g/mol. The van der Waals surface area contributed by atoms with Crippen molar-refractivity contribution < 1.29 is 4.74 Å². The minimum Gasteiger partial charge on any atom is -0.376 e. The van der Waals surface area contributed by atoms with E-state index in [1.165, 1.54) is 25.8 Å². The molecule has 1 heterocycles. The zero-order valence-electron chi connectivity index (χ0n) is 10.7. The summed E-state index contributed by atoms with van der Waals surface area (Å²) in [5.41, 5.74) is 6.16. The molecule has 2 rings (SSSR count). The van der Waals surface area contributed by atoms with Gasteiger partial charge in [0.15, 0.2) is 0 Å². The van der Waals surface area contributed by atoms with Crippen LogP contribution in [0.2, 0.25) is 0 Å². The molecule has 2 N–H and O–H groups in total. The van der Waals surface area contributed by atoms with E-state index in [0.29, 0.717) is 0 Å². The third kappa shape index (κ3) is 2.01. The van der Waals surface area contributed by atoms with Gasteiger partial charge < -0.3 is 10.5 Å². The molecule has 0 spiro atoms. The molecule has 3 heteroatoms. The van der Waals surface area contributed by atoms with Crippen LogP contribution in [0.5, 0.6) is 0 Å². The molecule has 1 aliphatic heterocycles. The summed E-state index contributed by atoms with van der Waals surface area (Å²) in [5.74, 6) is 0.913. The van der Waals surface area contributed by atoms with E-state index in [9.17, 15) is 0 Å². The standard InChI is InChI=1S/C13H26N2O/c1-3-15(9-12-5-4-6-12)13(10-14)7-8-16-11(13)2/h11-12H,3-10,14H2,1-2H3. The maximum Gasteiger partial charge on any atom is 0.0743 e. The van der Waals surface area contributed by atoms with Crippen molar-refractivity contribution in [3.8, 4) is 0 Å². The lowest BCUT2D eigenvalue weighted by Gasteiger charge is -2.45. The molecule has 0 aromatic heterocycles. The van der Waals surface area contributed by atoms with E-state index >= 15 is 0 Å². The second-order valence-corrected chi connectivity index (χ2v) is 5.41. The fourth-order valence-electron chi connectivity index (χ4n) is 3.20. The molecule has 2 fully saturated rings. The van der Waals surface area contributed by atoms with E-state index in [1.54, 1.807) is 0 Å². The van der Waals surface area contributed by atoms with Crippen molar-refractivity contribution in [1.29, 1.82) is 0 Å². The first-order valence-corrected chi connectivity index (χ1v) is 6.79. The van der Waals surface area contributed by atoms with Crippen molar-refractivity contribution in [2.45, 2.75) is 51.2 Å². The van der Waals surface area contributed by atoms with Crippen LogP contribution in [-0.4, -0.2) is 42.8 Å². The number of ether oxygens (including phenoxy) is 1. The van der Waals surface area contributed by atoms with Crippen LogP contribution < -0.4 is 5.73 Å². The summed E-state index contributed by atoms with van der Waals surface area (Å²) in [6, 6.07) is 0. The van der Waals surface area contributed by atoms with Crippen molar-refractivity contribution in [3.05, 3.63) is 0 Å². The Morgan fingerprint density at radius 3 is 2.56 bits per heavy atom. The molecule has 3 nitrogen and oxygen atoms in total. The van der Waals surface area contributed by atoms with E-state index in [1.807, 2.05) is 0 Å². The second-order valence-electron chi connectivity index (χ2n) is 5.41. The molecule has 0 aromatic carbocycles. The first kappa shape index (κ1) is 12.3. The average molecular weight is 226 g/mol. The largest absolute Gasteiger partial charge is 0.376 e. The number of hydrogen-bond acceptors (Lipinski definition) is 3. The predicted octanol–water partition coefficient (Wildman–Crippen LogP) is 1.61. The Hall–Kier alpha value is -0.120. The Bertz CT molecular complexity index is 230. The van der Waals surface area contributed by atoms with E-state index in [0.717, 1.165) is 32.0 Å². The molecule has 2 atom stereocenters. The molecule has 0 aromatic rings. The molecule has 1 saturated heterocycles. The van der Waals surface area contributed by atoms with Gasteiger partial charge in [-0.1, -0.05) is 13.3 Å². The van der Waals surface area contributed by atoms with E-state index in [2.05, 4.69) is 18.7 Å². The van der Waals surface area contributed by atoms with E-state index < -0.39 is 0 Å². The zero-order valence-corrected chi connectivity index (χ0v) is 10.7. The molecular weight excluding hydrogens is 200 g/mol. The Labute approximate surface area is 99.3 Å². The number of likely N-dealkylation sites (N-methyl/N-ethyl adjacent to an activating group) is 1. The first-order chi connectivity index (χ1) is 7.73. The van der Waals surface area contributed by atoms with Crippen LogP contribution in [0.3, 0.4) is 0 Å². The van der Waals surface area contributed by atoms with Crippen LogP contribution in [0.4, 0.5) is 0 Å². The van der Waals surface area contributed by atoms with Gasteiger partial charge >= 0.3 is 0 Å². The van der Waals surface area contributed by atoms with Crippen LogP contribution in [-0.2, 0) is 4.74 Å². The molecule has 0 amide bonds. The van der Waals surface area contributed by atoms with Crippen molar-refractivity contribution in [2.24, 2.45) is 11.7 Å². The molecule has 0 radical (unpaired) electrons. The maximum atomic E-state index is 6.05. The third-order valence-corrected chi connectivity index (χ3v) is 4.73. The fraction of sp³-hybridized carbons (Fsp3) is 1.00. The summed E-state index contributed by atoms with van der Waals surface area (Å²) in [7, 11) is 0. The third-order valence-electron chi connectivity index (χ3n) is 4.73. The lowest BCUT2D eigenvalue weighted by Crippen LogP contribution is -2.59.